The number of nitro groups is 1. The first kappa shape index (κ1) is 12.3. The Morgan fingerprint density at radius 1 is 1.61 bits per heavy atom. The van der Waals surface area contributed by atoms with Crippen molar-refractivity contribution in [3.63, 3.8) is 0 Å². The van der Waals surface area contributed by atoms with Gasteiger partial charge in [-0.3, -0.25) is 10.1 Å². The van der Waals surface area contributed by atoms with Gasteiger partial charge in [0, 0.05) is 17.8 Å². The Balaban J connectivity index is 2.21. The highest BCUT2D eigenvalue weighted by molar-refractivity contribution is 5.93. The second-order valence-corrected chi connectivity index (χ2v) is 4.45. The quantitative estimate of drug-likeness (QED) is 0.618. The van der Waals surface area contributed by atoms with Crippen LogP contribution in [0.4, 0.5) is 11.4 Å². The molecule has 0 saturated heterocycles. The molecule has 0 aromatic heterocycles. The van der Waals surface area contributed by atoms with Crippen molar-refractivity contribution in [1.82, 2.24) is 0 Å². The van der Waals surface area contributed by atoms with E-state index in [2.05, 4.69) is 12.2 Å². The molecular formula is C12H14N2O4. The third kappa shape index (κ3) is 2.42. The molecule has 1 aromatic rings. The normalized spacial score (nSPS) is 21.4. The van der Waals surface area contributed by atoms with Crippen molar-refractivity contribution < 1.29 is 14.8 Å². The van der Waals surface area contributed by atoms with E-state index in [0.717, 1.165) is 12.8 Å². The zero-order chi connectivity index (χ0) is 13.3. The van der Waals surface area contributed by atoms with E-state index in [4.69, 9.17) is 5.11 Å². The van der Waals surface area contributed by atoms with Gasteiger partial charge in [0.15, 0.2) is 0 Å². The van der Waals surface area contributed by atoms with Gasteiger partial charge in [-0.05, 0) is 24.5 Å². The average Bonchev–Trinajstić information content (AvgIpc) is 3.07. The Bertz CT molecular complexity index is 501. The number of carboxylic acid groups (broad SMARTS) is 1. The third-order valence-corrected chi connectivity index (χ3v) is 3.22. The van der Waals surface area contributed by atoms with E-state index < -0.39 is 10.9 Å². The Morgan fingerprint density at radius 3 is 2.83 bits per heavy atom. The van der Waals surface area contributed by atoms with Crippen LogP contribution < -0.4 is 5.32 Å². The molecule has 18 heavy (non-hydrogen) atoms. The highest BCUT2D eigenvalue weighted by atomic mass is 16.6. The van der Waals surface area contributed by atoms with Crippen molar-refractivity contribution >= 4 is 17.3 Å². The molecule has 2 rings (SSSR count). The largest absolute Gasteiger partial charge is 0.477 e. The predicted molar refractivity (Wildman–Crippen MR) is 65.9 cm³/mol. The number of nitro benzene ring substituents is 1. The molecule has 2 N–H and O–H groups in total. The minimum atomic E-state index is -1.28. The standard InChI is InChI=1S/C12H14N2O4/c1-2-7-5-10(7)13-8-3-4-11(14(17)18)9(6-8)12(15)16/h3-4,6-7,10,13H,2,5H2,1H3,(H,15,16). The summed E-state index contributed by atoms with van der Waals surface area (Å²) in [7, 11) is 0. The second kappa shape index (κ2) is 4.64. The van der Waals surface area contributed by atoms with Crippen LogP contribution in [0.5, 0.6) is 0 Å². The van der Waals surface area contributed by atoms with Crippen molar-refractivity contribution in [2.24, 2.45) is 5.92 Å². The molecule has 1 aromatic carbocycles. The number of nitrogens with zero attached hydrogens (tertiary/aromatic N) is 1. The molecule has 0 aliphatic heterocycles. The molecule has 0 heterocycles. The second-order valence-electron chi connectivity index (χ2n) is 4.45. The van der Waals surface area contributed by atoms with Crippen LogP contribution in [-0.2, 0) is 0 Å². The summed E-state index contributed by atoms with van der Waals surface area (Å²) in [5.41, 5.74) is -0.0338. The maximum absolute atomic E-state index is 11.0. The maximum Gasteiger partial charge on any atom is 0.342 e. The summed E-state index contributed by atoms with van der Waals surface area (Å²) in [5, 5.41) is 22.8. The summed E-state index contributed by atoms with van der Waals surface area (Å²) >= 11 is 0. The van der Waals surface area contributed by atoms with Crippen LogP contribution in [0.15, 0.2) is 18.2 Å². The molecule has 0 bridgehead atoms. The van der Waals surface area contributed by atoms with Crippen LogP contribution in [0, 0.1) is 16.0 Å². The van der Waals surface area contributed by atoms with E-state index in [1.165, 1.54) is 12.1 Å². The van der Waals surface area contributed by atoms with E-state index in [9.17, 15) is 14.9 Å². The molecule has 1 fully saturated rings. The lowest BCUT2D eigenvalue weighted by Crippen LogP contribution is -2.07. The Hall–Kier alpha value is -2.11. The molecule has 0 amide bonds. The van der Waals surface area contributed by atoms with Crippen molar-refractivity contribution in [2.45, 2.75) is 25.8 Å². The molecular weight excluding hydrogens is 236 g/mol. The van der Waals surface area contributed by atoms with Gasteiger partial charge in [0.25, 0.3) is 5.69 Å². The van der Waals surface area contributed by atoms with Crippen LogP contribution >= 0.6 is 0 Å². The minimum Gasteiger partial charge on any atom is -0.477 e. The fourth-order valence-corrected chi connectivity index (χ4v) is 2.05. The predicted octanol–water partition coefficient (Wildman–Crippen LogP) is 2.50. The SMILES string of the molecule is CCC1CC1Nc1ccc([N+](=O)[O-])c(C(=O)O)c1. The van der Waals surface area contributed by atoms with E-state index in [1.807, 2.05) is 0 Å². The monoisotopic (exact) mass is 250 g/mol. The lowest BCUT2D eigenvalue weighted by Gasteiger charge is -2.06. The fraction of sp³-hybridized carbons (Fsp3) is 0.417. The first-order chi connectivity index (χ1) is 8.52. The van der Waals surface area contributed by atoms with Crippen LogP contribution in [0.25, 0.3) is 0 Å². The van der Waals surface area contributed by atoms with Gasteiger partial charge in [-0.25, -0.2) is 4.79 Å². The number of rotatable bonds is 5. The first-order valence-electron chi connectivity index (χ1n) is 5.81. The summed E-state index contributed by atoms with van der Waals surface area (Å²) < 4.78 is 0. The smallest absolute Gasteiger partial charge is 0.342 e. The number of hydrogen-bond donors (Lipinski definition) is 2. The number of anilines is 1. The van der Waals surface area contributed by atoms with Gasteiger partial charge < -0.3 is 10.4 Å². The molecule has 0 spiro atoms. The molecule has 0 radical (unpaired) electrons. The number of aromatic carboxylic acids is 1. The molecule has 2 unspecified atom stereocenters. The number of benzene rings is 1. The summed E-state index contributed by atoms with van der Waals surface area (Å²) in [6.45, 7) is 2.10. The molecule has 96 valence electrons. The third-order valence-electron chi connectivity index (χ3n) is 3.22. The van der Waals surface area contributed by atoms with Crippen molar-refractivity contribution in [3.05, 3.63) is 33.9 Å². The summed E-state index contributed by atoms with van der Waals surface area (Å²) in [6.07, 6.45) is 2.15. The molecule has 1 saturated carbocycles. The van der Waals surface area contributed by atoms with Crippen LogP contribution in [0.3, 0.4) is 0 Å². The topological polar surface area (TPSA) is 92.5 Å². The summed E-state index contributed by atoms with van der Waals surface area (Å²) in [5.74, 6) is -0.665. The Kier molecular flexibility index (Phi) is 3.18. The van der Waals surface area contributed by atoms with E-state index in [0.29, 0.717) is 17.6 Å². The molecule has 1 aliphatic rings. The number of hydrogen-bond acceptors (Lipinski definition) is 4. The molecule has 1 aliphatic carbocycles. The van der Waals surface area contributed by atoms with Gasteiger partial charge in [-0.2, -0.15) is 0 Å². The minimum absolute atomic E-state index is 0.279. The lowest BCUT2D eigenvalue weighted by molar-refractivity contribution is -0.385. The summed E-state index contributed by atoms with van der Waals surface area (Å²) in [6, 6.07) is 4.47. The zero-order valence-corrected chi connectivity index (χ0v) is 9.92. The van der Waals surface area contributed by atoms with Gasteiger partial charge >= 0.3 is 5.97 Å². The van der Waals surface area contributed by atoms with Crippen LogP contribution in [-0.4, -0.2) is 22.0 Å². The van der Waals surface area contributed by atoms with Crippen molar-refractivity contribution in [1.29, 1.82) is 0 Å². The summed E-state index contributed by atoms with van der Waals surface area (Å²) in [4.78, 5) is 21.0. The molecule has 6 nitrogen and oxygen atoms in total. The van der Waals surface area contributed by atoms with Crippen molar-refractivity contribution in [3.8, 4) is 0 Å². The van der Waals surface area contributed by atoms with Crippen molar-refractivity contribution in [2.75, 3.05) is 5.32 Å². The van der Waals surface area contributed by atoms with Gasteiger partial charge in [0.2, 0.25) is 0 Å². The highest BCUT2D eigenvalue weighted by Gasteiger charge is 2.35. The fourth-order valence-electron chi connectivity index (χ4n) is 2.05. The van der Waals surface area contributed by atoms with Gasteiger partial charge in [-0.1, -0.05) is 13.3 Å². The highest BCUT2D eigenvalue weighted by Crippen LogP contribution is 2.36. The van der Waals surface area contributed by atoms with Crippen LogP contribution in [0.2, 0.25) is 0 Å². The first-order valence-corrected chi connectivity index (χ1v) is 5.81. The maximum atomic E-state index is 11.0. The Labute approximate surface area is 104 Å². The van der Waals surface area contributed by atoms with Gasteiger partial charge in [-0.15, -0.1) is 0 Å². The Morgan fingerprint density at radius 2 is 2.33 bits per heavy atom. The van der Waals surface area contributed by atoms with Gasteiger partial charge in [0.1, 0.15) is 5.56 Å². The van der Waals surface area contributed by atoms with Crippen LogP contribution in [0.1, 0.15) is 30.1 Å². The van der Waals surface area contributed by atoms with E-state index >= 15 is 0 Å². The average molecular weight is 250 g/mol. The number of nitrogens with one attached hydrogen (secondary N) is 1. The number of carbonyl (C=O) groups is 1. The van der Waals surface area contributed by atoms with E-state index in [1.54, 1.807) is 6.07 Å². The lowest BCUT2D eigenvalue weighted by atomic mass is 10.1. The molecule has 6 heteroatoms. The zero-order valence-electron chi connectivity index (χ0n) is 9.92. The number of carboxylic acids is 1. The van der Waals surface area contributed by atoms with Gasteiger partial charge in [0.05, 0.1) is 4.92 Å². The molecule has 2 atom stereocenters. The van der Waals surface area contributed by atoms with E-state index in [-0.39, 0.29) is 11.3 Å².